The van der Waals surface area contributed by atoms with Crippen LogP contribution < -0.4 is 16.2 Å². The average Bonchev–Trinajstić information content (AvgIpc) is 2.75. The molecule has 0 amide bonds. The number of nitrogens with one attached hydrogen (secondary N) is 2. The third kappa shape index (κ3) is 6.02. The van der Waals surface area contributed by atoms with Crippen molar-refractivity contribution >= 4 is 17.4 Å². The summed E-state index contributed by atoms with van der Waals surface area (Å²) < 4.78 is 30.3. The maximum Gasteiger partial charge on any atom is 0.310 e. The van der Waals surface area contributed by atoms with Crippen LogP contribution in [-0.2, 0) is 18.9 Å². The number of hydrogen-bond acceptors (Lipinski definition) is 6. The van der Waals surface area contributed by atoms with E-state index in [1.807, 2.05) is 24.3 Å². The Morgan fingerprint density at radius 2 is 2.00 bits per heavy atom. The number of aromatic nitrogens is 3. The van der Waals surface area contributed by atoms with E-state index in [2.05, 4.69) is 20.6 Å². The lowest BCUT2D eigenvalue weighted by Gasteiger charge is -2.18. The van der Waals surface area contributed by atoms with E-state index in [0.717, 1.165) is 18.1 Å². The van der Waals surface area contributed by atoms with E-state index >= 15 is 0 Å². The van der Waals surface area contributed by atoms with Gasteiger partial charge in [0, 0.05) is 36.2 Å². The van der Waals surface area contributed by atoms with Crippen LogP contribution in [-0.4, -0.2) is 39.3 Å². The van der Waals surface area contributed by atoms with Gasteiger partial charge in [0.25, 0.3) is 5.56 Å². The first kappa shape index (κ1) is 23.6. The highest BCUT2D eigenvalue weighted by atomic mass is 35.5. The van der Waals surface area contributed by atoms with Crippen molar-refractivity contribution in [3.8, 4) is 5.75 Å². The van der Waals surface area contributed by atoms with Gasteiger partial charge in [0.05, 0.1) is 6.54 Å². The van der Waals surface area contributed by atoms with Gasteiger partial charge >= 0.3 is 5.92 Å². The summed E-state index contributed by atoms with van der Waals surface area (Å²) in [7, 11) is 0. The van der Waals surface area contributed by atoms with Crippen LogP contribution in [0.3, 0.4) is 0 Å². The number of halogens is 3. The summed E-state index contributed by atoms with van der Waals surface area (Å²) in [5.74, 6) is -4.29. The van der Waals surface area contributed by atoms with E-state index in [-0.39, 0.29) is 5.82 Å². The van der Waals surface area contributed by atoms with Crippen LogP contribution in [0.5, 0.6) is 5.75 Å². The van der Waals surface area contributed by atoms with Gasteiger partial charge in [-0.05, 0) is 49.7 Å². The highest BCUT2D eigenvalue weighted by molar-refractivity contribution is 6.30. The van der Waals surface area contributed by atoms with Crippen molar-refractivity contribution in [3.63, 3.8) is 0 Å². The zero-order chi connectivity index (χ0) is 23.1. The fourth-order valence-electron chi connectivity index (χ4n) is 3.17. The molecule has 32 heavy (non-hydrogen) atoms. The van der Waals surface area contributed by atoms with E-state index in [1.165, 1.54) is 23.0 Å². The molecule has 3 rings (SSSR count). The second-order valence-corrected chi connectivity index (χ2v) is 7.70. The summed E-state index contributed by atoms with van der Waals surface area (Å²) in [6, 6.07) is 10.1. The van der Waals surface area contributed by atoms with Gasteiger partial charge in [0.2, 0.25) is 0 Å². The number of nitrogens with zero attached hydrogens (tertiary/aromatic N) is 3. The summed E-state index contributed by atoms with van der Waals surface area (Å²) in [5, 5.41) is 16.0. The first-order valence-electron chi connectivity index (χ1n) is 10.1. The Morgan fingerprint density at radius 1 is 1.19 bits per heavy atom. The van der Waals surface area contributed by atoms with E-state index in [1.54, 1.807) is 6.92 Å². The second kappa shape index (κ2) is 10.5. The normalized spacial score (nSPS) is 11.5. The van der Waals surface area contributed by atoms with E-state index in [4.69, 9.17) is 11.6 Å². The Labute approximate surface area is 189 Å². The molecule has 0 saturated heterocycles. The SMILES string of the molecule is Cc1cnc(NCC(F)(F)c2ncccc2O)c(=O)n1CCNCCc1cccc(Cl)c1. The van der Waals surface area contributed by atoms with E-state index < -0.39 is 29.5 Å². The zero-order valence-electron chi connectivity index (χ0n) is 17.5. The van der Waals surface area contributed by atoms with E-state index in [0.29, 0.717) is 30.4 Å². The predicted octanol–water partition coefficient (Wildman–Crippen LogP) is 3.34. The fourth-order valence-corrected chi connectivity index (χ4v) is 3.38. The van der Waals surface area contributed by atoms with Crippen LogP contribution in [0.25, 0.3) is 0 Å². The molecule has 10 heteroatoms. The minimum atomic E-state index is -3.49. The Morgan fingerprint density at radius 3 is 2.75 bits per heavy atom. The van der Waals surface area contributed by atoms with Gasteiger partial charge in [-0.15, -0.1) is 0 Å². The molecular formula is C22H24ClF2N5O2. The second-order valence-electron chi connectivity index (χ2n) is 7.26. The summed E-state index contributed by atoms with van der Waals surface area (Å²) in [5.41, 5.74) is 0.464. The minimum absolute atomic E-state index is 0.190. The standard InChI is InChI=1S/C22H24ClF2N5O2/c1-15-13-28-20(29-14-22(24,25)19-18(31)6-3-8-27-19)21(32)30(15)11-10-26-9-7-16-4-2-5-17(23)12-16/h2-6,8,12-13,26,31H,7,9-11,14H2,1H3,(H,28,29). The molecule has 0 aliphatic heterocycles. The molecule has 3 N–H and O–H groups in total. The number of benzene rings is 1. The molecule has 1 aromatic carbocycles. The molecular weight excluding hydrogens is 440 g/mol. The molecule has 0 saturated carbocycles. The number of alkyl halides is 2. The fraction of sp³-hybridized carbons (Fsp3) is 0.318. The Hall–Kier alpha value is -3.04. The summed E-state index contributed by atoms with van der Waals surface area (Å²) in [6.45, 7) is 2.37. The number of aryl methyl sites for hydroxylation is 1. The summed E-state index contributed by atoms with van der Waals surface area (Å²) in [4.78, 5) is 20.2. The van der Waals surface area contributed by atoms with Crippen molar-refractivity contribution in [2.75, 3.05) is 25.0 Å². The molecule has 0 bridgehead atoms. The third-order valence-electron chi connectivity index (χ3n) is 4.86. The van der Waals surface area contributed by atoms with Gasteiger partial charge in [0.15, 0.2) is 11.5 Å². The van der Waals surface area contributed by atoms with Crippen molar-refractivity contribution in [2.24, 2.45) is 0 Å². The number of aromatic hydroxyl groups is 1. The van der Waals surface area contributed by atoms with Gasteiger partial charge in [-0.3, -0.25) is 9.78 Å². The highest BCUT2D eigenvalue weighted by Gasteiger charge is 2.36. The summed E-state index contributed by atoms with van der Waals surface area (Å²) >= 11 is 5.98. The molecule has 0 spiro atoms. The Kier molecular flexibility index (Phi) is 7.76. The molecule has 0 radical (unpaired) electrons. The van der Waals surface area contributed by atoms with Crippen molar-refractivity contribution in [1.82, 2.24) is 19.9 Å². The monoisotopic (exact) mass is 463 g/mol. The molecule has 7 nitrogen and oxygen atoms in total. The van der Waals surface area contributed by atoms with Crippen molar-refractivity contribution in [3.05, 3.63) is 81.1 Å². The Bertz CT molecular complexity index is 1120. The number of pyridine rings is 1. The smallest absolute Gasteiger partial charge is 0.310 e. The molecule has 3 aromatic rings. The zero-order valence-corrected chi connectivity index (χ0v) is 18.2. The van der Waals surface area contributed by atoms with Crippen LogP contribution in [0, 0.1) is 6.92 Å². The van der Waals surface area contributed by atoms with Crippen LogP contribution in [0.2, 0.25) is 5.02 Å². The molecule has 2 heterocycles. The van der Waals surface area contributed by atoms with Gasteiger partial charge in [-0.25, -0.2) is 4.98 Å². The summed E-state index contributed by atoms with van der Waals surface area (Å²) in [6.07, 6.45) is 3.40. The van der Waals surface area contributed by atoms with Gasteiger partial charge in [0.1, 0.15) is 5.75 Å². The van der Waals surface area contributed by atoms with Crippen LogP contribution in [0.1, 0.15) is 17.0 Å². The molecule has 0 atom stereocenters. The Balaban J connectivity index is 1.58. The number of anilines is 1. The molecule has 170 valence electrons. The lowest BCUT2D eigenvalue weighted by Crippen LogP contribution is -2.34. The maximum absolute atomic E-state index is 14.4. The van der Waals surface area contributed by atoms with Crippen molar-refractivity contribution in [2.45, 2.75) is 25.8 Å². The first-order valence-corrected chi connectivity index (χ1v) is 10.4. The van der Waals surface area contributed by atoms with E-state index in [9.17, 15) is 18.7 Å². The van der Waals surface area contributed by atoms with Crippen LogP contribution in [0.4, 0.5) is 14.6 Å². The largest absolute Gasteiger partial charge is 0.506 e. The lowest BCUT2D eigenvalue weighted by molar-refractivity contribution is 0.00350. The lowest BCUT2D eigenvalue weighted by atomic mass is 10.1. The minimum Gasteiger partial charge on any atom is -0.506 e. The van der Waals surface area contributed by atoms with Crippen LogP contribution >= 0.6 is 11.6 Å². The molecule has 2 aromatic heterocycles. The molecule has 0 fully saturated rings. The van der Waals surface area contributed by atoms with Crippen LogP contribution in [0.15, 0.2) is 53.6 Å². The first-order chi connectivity index (χ1) is 15.3. The highest BCUT2D eigenvalue weighted by Crippen LogP contribution is 2.32. The molecule has 0 unspecified atom stereocenters. The molecule has 0 aliphatic carbocycles. The predicted molar refractivity (Wildman–Crippen MR) is 120 cm³/mol. The topological polar surface area (TPSA) is 92.1 Å². The molecule has 0 aliphatic rings. The van der Waals surface area contributed by atoms with Gasteiger partial charge < -0.3 is 20.3 Å². The number of rotatable bonds is 10. The van der Waals surface area contributed by atoms with Crippen molar-refractivity contribution < 1.29 is 13.9 Å². The number of hydrogen-bond donors (Lipinski definition) is 3. The van der Waals surface area contributed by atoms with Gasteiger partial charge in [-0.2, -0.15) is 8.78 Å². The van der Waals surface area contributed by atoms with Gasteiger partial charge in [-0.1, -0.05) is 23.7 Å². The third-order valence-corrected chi connectivity index (χ3v) is 5.09. The average molecular weight is 464 g/mol. The maximum atomic E-state index is 14.4. The van der Waals surface area contributed by atoms with Crippen molar-refractivity contribution in [1.29, 1.82) is 0 Å². The quantitative estimate of drug-likeness (QED) is 0.399.